The fourth-order valence-corrected chi connectivity index (χ4v) is 2.47. The van der Waals surface area contributed by atoms with E-state index in [2.05, 4.69) is 23.0 Å². The predicted octanol–water partition coefficient (Wildman–Crippen LogP) is 2.47. The Morgan fingerprint density at radius 2 is 2.00 bits per heavy atom. The first kappa shape index (κ1) is 11.5. The van der Waals surface area contributed by atoms with Crippen LogP contribution in [0.3, 0.4) is 0 Å². The lowest BCUT2D eigenvalue weighted by molar-refractivity contribution is 0.428. The van der Waals surface area contributed by atoms with E-state index >= 15 is 0 Å². The Morgan fingerprint density at radius 1 is 1.31 bits per heavy atom. The van der Waals surface area contributed by atoms with Crippen molar-refractivity contribution in [3.63, 3.8) is 0 Å². The van der Waals surface area contributed by atoms with E-state index in [-0.39, 0.29) is 5.54 Å². The maximum atomic E-state index is 6.39. The zero-order valence-electron chi connectivity index (χ0n) is 10.3. The van der Waals surface area contributed by atoms with Gasteiger partial charge in [0.1, 0.15) is 5.82 Å². The van der Waals surface area contributed by atoms with Gasteiger partial charge in [-0.1, -0.05) is 26.2 Å². The maximum Gasteiger partial charge on any atom is 0.148 e. The van der Waals surface area contributed by atoms with Crippen LogP contribution in [0.25, 0.3) is 0 Å². The molecule has 0 bridgehead atoms. The number of nitrogens with two attached hydrogens (primary N) is 1. The van der Waals surface area contributed by atoms with Crippen molar-refractivity contribution in [1.82, 2.24) is 9.97 Å². The van der Waals surface area contributed by atoms with Gasteiger partial charge in [0.15, 0.2) is 0 Å². The van der Waals surface area contributed by atoms with Crippen LogP contribution >= 0.6 is 0 Å². The molecule has 1 aromatic heterocycles. The summed E-state index contributed by atoms with van der Waals surface area (Å²) in [7, 11) is 0. The quantitative estimate of drug-likeness (QED) is 0.849. The standard InChI is InChI=1S/C13H21N3/c1-3-6-11-9-10(2)15-12(16-11)13(14)7-4-5-8-13/h9H,3-8,14H2,1-2H3. The highest BCUT2D eigenvalue weighted by Gasteiger charge is 2.34. The van der Waals surface area contributed by atoms with Gasteiger partial charge in [0.25, 0.3) is 0 Å². The summed E-state index contributed by atoms with van der Waals surface area (Å²) < 4.78 is 0. The van der Waals surface area contributed by atoms with Crippen LogP contribution in [0.2, 0.25) is 0 Å². The van der Waals surface area contributed by atoms with E-state index in [0.29, 0.717) is 0 Å². The van der Waals surface area contributed by atoms with Crippen LogP contribution in [0, 0.1) is 6.92 Å². The monoisotopic (exact) mass is 219 g/mol. The van der Waals surface area contributed by atoms with Crippen molar-refractivity contribution in [2.45, 2.75) is 57.9 Å². The molecule has 0 spiro atoms. The van der Waals surface area contributed by atoms with Crippen molar-refractivity contribution in [3.8, 4) is 0 Å². The van der Waals surface area contributed by atoms with Crippen molar-refractivity contribution in [2.75, 3.05) is 0 Å². The average Bonchev–Trinajstić information content (AvgIpc) is 2.66. The average molecular weight is 219 g/mol. The first-order valence-corrected chi connectivity index (χ1v) is 6.28. The lowest BCUT2D eigenvalue weighted by atomic mass is 9.97. The van der Waals surface area contributed by atoms with Gasteiger partial charge in [-0.15, -0.1) is 0 Å². The number of aryl methyl sites for hydroxylation is 2. The SMILES string of the molecule is CCCc1cc(C)nc(C2(N)CCCC2)n1. The van der Waals surface area contributed by atoms with Gasteiger partial charge in [-0.2, -0.15) is 0 Å². The molecule has 0 radical (unpaired) electrons. The lowest BCUT2D eigenvalue weighted by Gasteiger charge is -2.22. The Labute approximate surface area is 97.5 Å². The minimum atomic E-state index is -0.255. The van der Waals surface area contributed by atoms with Gasteiger partial charge in [0.05, 0.1) is 5.54 Å². The molecule has 3 nitrogen and oxygen atoms in total. The van der Waals surface area contributed by atoms with E-state index in [1.54, 1.807) is 0 Å². The topological polar surface area (TPSA) is 51.8 Å². The molecule has 0 saturated heterocycles. The molecule has 1 aromatic rings. The highest BCUT2D eigenvalue weighted by Crippen LogP contribution is 2.34. The summed E-state index contributed by atoms with van der Waals surface area (Å²) in [6, 6.07) is 2.07. The summed E-state index contributed by atoms with van der Waals surface area (Å²) in [6.07, 6.45) is 6.61. The smallest absolute Gasteiger partial charge is 0.148 e. The van der Waals surface area contributed by atoms with Gasteiger partial charge in [-0.25, -0.2) is 9.97 Å². The van der Waals surface area contributed by atoms with Gasteiger partial charge in [0, 0.05) is 11.4 Å². The van der Waals surface area contributed by atoms with Crippen LogP contribution in [0.4, 0.5) is 0 Å². The van der Waals surface area contributed by atoms with Crippen LogP contribution in [-0.4, -0.2) is 9.97 Å². The summed E-state index contributed by atoms with van der Waals surface area (Å²) in [5, 5.41) is 0. The summed E-state index contributed by atoms with van der Waals surface area (Å²) >= 11 is 0. The van der Waals surface area contributed by atoms with E-state index < -0.39 is 0 Å². The predicted molar refractivity (Wildman–Crippen MR) is 65.1 cm³/mol. The van der Waals surface area contributed by atoms with Crippen molar-refractivity contribution >= 4 is 0 Å². The molecule has 2 rings (SSSR count). The Kier molecular flexibility index (Phi) is 3.24. The Bertz CT molecular complexity index is 367. The summed E-state index contributed by atoms with van der Waals surface area (Å²) in [4.78, 5) is 9.17. The van der Waals surface area contributed by atoms with Crippen LogP contribution in [0.1, 0.15) is 56.2 Å². The van der Waals surface area contributed by atoms with Gasteiger partial charge < -0.3 is 5.73 Å². The molecule has 1 fully saturated rings. The van der Waals surface area contributed by atoms with Crippen molar-refractivity contribution in [3.05, 3.63) is 23.3 Å². The molecule has 2 N–H and O–H groups in total. The molecule has 0 amide bonds. The zero-order chi connectivity index (χ0) is 11.6. The molecule has 1 aliphatic rings. The molecule has 16 heavy (non-hydrogen) atoms. The molecule has 3 heteroatoms. The second-order valence-corrected chi connectivity index (χ2v) is 4.94. The fraction of sp³-hybridized carbons (Fsp3) is 0.692. The normalized spacial score (nSPS) is 18.9. The third-order valence-electron chi connectivity index (χ3n) is 3.35. The third kappa shape index (κ3) is 2.24. The molecule has 1 heterocycles. The van der Waals surface area contributed by atoms with Crippen molar-refractivity contribution in [1.29, 1.82) is 0 Å². The molecule has 1 saturated carbocycles. The van der Waals surface area contributed by atoms with Gasteiger partial charge >= 0.3 is 0 Å². The lowest BCUT2D eigenvalue weighted by Crippen LogP contribution is -2.35. The van der Waals surface area contributed by atoms with Crippen molar-refractivity contribution < 1.29 is 0 Å². The number of aromatic nitrogens is 2. The van der Waals surface area contributed by atoms with Crippen molar-refractivity contribution in [2.24, 2.45) is 5.73 Å². The molecule has 0 aliphatic heterocycles. The highest BCUT2D eigenvalue weighted by atomic mass is 15.0. The molecule has 0 aromatic carbocycles. The number of hydrogen-bond acceptors (Lipinski definition) is 3. The molecule has 0 atom stereocenters. The zero-order valence-corrected chi connectivity index (χ0v) is 10.3. The second kappa shape index (κ2) is 4.50. The van der Waals surface area contributed by atoms with E-state index in [1.807, 2.05) is 6.92 Å². The summed E-state index contributed by atoms with van der Waals surface area (Å²) in [6.45, 7) is 4.20. The highest BCUT2D eigenvalue weighted by molar-refractivity contribution is 5.16. The van der Waals surface area contributed by atoms with E-state index in [1.165, 1.54) is 12.8 Å². The largest absolute Gasteiger partial charge is 0.319 e. The van der Waals surface area contributed by atoms with Gasteiger partial charge in [0.2, 0.25) is 0 Å². The first-order chi connectivity index (χ1) is 7.64. The van der Waals surface area contributed by atoms with E-state index in [0.717, 1.165) is 42.9 Å². The Balaban J connectivity index is 2.32. The number of rotatable bonds is 3. The second-order valence-electron chi connectivity index (χ2n) is 4.94. The molecular formula is C13H21N3. The maximum absolute atomic E-state index is 6.39. The minimum Gasteiger partial charge on any atom is -0.319 e. The summed E-state index contributed by atoms with van der Waals surface area (Å²) in [5.41, 5.74) is 8.32. The Hall–Kier alpha value is -0.960. The van der Waals surface area contributed by atoms with Crippen LogP contribution in [0.15, 0.2) is 6.07 Å². The molecule has 88 valence electrons. The minimum absolute atomic E-state index is 0.255. The number of hydrogen-bond donors (Lipinski definition) is 1. The molecule has 0 unspecified atom stereocenters. The van der Waals surface area contributed by atoms with E-state index in [9.17, 15) is 0 Å². The van der Waals surface area contributed by atoms with Crippen LogP contribution < -0.4 is 5.73 Å². The van der Waals surface area contributed by atoms with E-state index in [4.69, 9.17) is 5.73 Å². The Morgan fingerprint density at radius 3 is 2.62 bits per heavy atom. The van der Waals surface area contributed by atoms with Crippen LogP contribution in [0.5, 0.6) is 0 Å². The molecular weight excluding hydrogens is 198 g/mol. The first-order valence-electron chi connectivity index (χ1n) is 6.28. The number of nitrogens with zero attached hydrogens (tertiary/aromatic N) is 2. The molecule has 1 aliphatic carbocycles. The van der Waals surface area contributed by atoms with Gasteiger partial charge in [-0.05, 0) is 32.3 Å². The third-order valence-corrected chi connectivity index (χ3v) is 3.35. The fourth-order valence-electron chi connectivity index (χ4n) is 2.47. The van der Waals surface area contributed by atoms with Gasteiger partial charge in [-0.3, -0.25) is 0 Å². The van der Waals surface area contributed by atoms with Crippen LogP contribution in [-0.2, 0) is 12.0 Å². The summed E-state index contributed by atoms with van der Waals surface area (Å²) in [5.74, 6) is 0.869.